The van der Waals surface area contributed by atoms with E-state index < -0.39 is 16.0 Å². The molecule has 1 saturated heterocycles. The Hall–Kier alpha value is -2.23. The molecule has 1 atom stereocenters. The van der Waals surface area contributed by atoms with Crippen molar-refractivity contribution in [2.75, 3.05) is 32.8 Å². The van der Waals surface area contributed by atoms with Crippen LogP contribution in [0.2, 0.25) is 0 Å². The van der Waals surface area contributed by atoms with Crippen molar-refractivity contribution < 1.29 is 22.7 Å². The fourth-order valence-corrected chi connectivity index (χ4v) is 6.56. The summed E-state index contributed by atoms with van der Waals surface area (Å²) in [6.07, 6.45) is 3.10. The number of fused-ring (bicyclic) bond motifs is 1. The zero-order valence-electron chi connectivity index (χ0n) is 17.5. The second-order valence-corrected chi connectivity index (χ2v) is 11.2. The molecule has 0 radical (unpaired) electrons. The van der Waals surface area contributed by atoms with Crippen LogP contribution in [0.4, 0.5) is 0 Å². The number of ether oxygens (including phenoxy) is 1. The van der Waals surface area contributed by atoms with Gasteiger partial charge in [0, 0.05) is 31.1 Å². The molecule has 1 aromatic carbocycles. The predicted molar refractivity (Wildman–Crippen MR) is 118 cm³/mol. The maximum Gasteiger partial charge on any atom is 0.348 e. The molecule has 0 spiro atoms. The quantitative estimate of drug-likeness (QED) is 0.638. The molecule has 0 saturated carbocycles. The molecular weight excluding hydrogens is 436 g/mol. The minimum Gasteiger partial charge on any atom is -0.451 e. The lowest BCUT2D eigenvalue weighted by atomic mass is 9.90. The number of hydrogen-bond acceptors (Lipinski definition) is 6. The smallest absolute Gasteiger partial charge is 0.348 e. The Morgan fingerprint density at radius 3 is 2.55 bits per heavy atom. The van der Waals surface area contributed by atoms with Crippen LogP contribution >= 0.6 is 11.3 Å². The van der Waals surface area contributed by atoms with E-state index in [2.05, 4.69) is 6.92 Å². The van der Waals surface area contributed by atoms with E-state index in [1.807, 2.05) is 6.07 Å². The summed E-state index contributed by atoms with van der Waals surface area (Å²) in [6, 6.07) is 10.2. The average Bonchev–Trinajstić information content (AvgIpc) is 3.21. The molecule has 1 fully saturated rings. The number of sulfonamides is 1. The number of hydrogen-bond donors (Lipinski definition) is 0. The van der Waals surface area contributed by atoms with Gasteiger partial charge in [0.25, 0.3) is 5.91 Å². The van der Waals surface area contributed by atoms with Gasteiger partial charge in [0.15, 0.2) is 6.61 Å². The summed E-state index contributed by atoms with van der Waals surface area (Å²) in [6.45, 7) is 2.85. The lowest BCUT2D eigenvalue weighted by molar-refractivity contribution is -0.135. The van der Waals surface area contributed by atoms with Crippen molar-refractivity contribution in [3.63, 3.8) is 0 Å². The Morgan fingerprint density at radius 2 is 1.84 bits per heavy atom. The van der Waals surface area contributed by atoms with E-state index in [9.17, 15) is 18.0 Å². The first kappa shape index (κ1) is 22.0. The van der Waals surface area contributed by atoms with Gasteiger partial charge in [-0.1, -0.05) is 25.1 Å². The molecule has 0 bridgehead atoms. The molecule has 2 aromatic rings. The van der Waals surface area contributed by atoms with Gasteiger partial charge in [0.05, 0.1) is 4.90 Å². The van der Waals surface area contributed by atoms with E-state index in [-0.39, 0.29) is 43.6 Å². The second-order valence-electron chi connectivity index (χ2n) is 8.08. The molecule has 166 valence electrons. The zero-order chi connectivity index (χ0) is 22.0. The summed E-state index contributed by atoms with van der Waals surface area (Å²) >= 11 is 1.46. The number of aryl methyl sites for hydroxylation is 1. The zero-order valence-corrected chi connectivity index (χ0v) is 19.1. The Labute approximate surface area is 186 Å². The summed E-state index contributed by atoms with van der Waals surface area (Å²) < 4.78 is 32.0. The van der Waals surface area contributed by atoms with Crippen LogP contribution in [0, 0.1) is 5.92 Å². The molecule has 0 unspecified atom stereocenters. The summed E-state index contributed by atoms with van der Waals surface area (Å²) in [4.78, 5) is 28.5. The van der Waals surface area contributed by atoms with Crippen molar-refractivity contribution in [3.05, 3.63) is 51.7 Å². The van der Waals surface area contributed by atoms with Crippen LogP contribution in [0.15, 0.2) is 41.3 Å². The molecule has 7 nitrogen and oxygen atoms in total. The van der Waals surface area contributed by atoms with Crippen LogP contribution in [0.5, 0.6) is 0 Å². The van der Waals surface area contributed by atoms with Gasteiger partial charge in [-0.15, -0.1) is 11.3 Å². The largest absolute Gasteiger partial charge is 0.451 e. The van der Waals surface area contributed by atoms with E-state index in [0.717, 1.165) is 19.3 Å². The topological polar surface area (TPSA) is 84.0 Å². The van der Waals surface area contributed by atoms with Crippen molar-refractivity contribution in [1.82, 2.24) is 9.21 Å². The monoisotopic (exact) mass is 462 g/mol. The number of piperazine rings is 1. The first-order chi connectivity index (χ1) is 14.8. The lowest BCUT2D eigenvalue weighted by Crippen LogP contribution is -2.51. The molecule has 1 aliphatic heterocycles. The van der Waals surface area contributed by atoms with Crippen LogP contribution in [-0.4, -0.2) is 62.3 Å². The number of carbonyl (C=O) groups excluding carboxylic acids is 2. The van der Waals surface area contributed by atoms with E-state index in [1.165, 1.54) is 26.1 Å². The number of amides is 1. The third-order valence-electron chi connectivity index (χ3n) is 5.83. The molecule has 2 heterocycles. The minimum atomic E-state index is -3.57. The first-order valence-electron chi connectivity index (χ1n) is 10.5. The molecule has 0 N–H and O–H groups in total. The lowest BCUT2D eigenvalue weighted by Gasteiger charge is -2.33. The highest BCUT2D eigenvalue weighted by Gasteiger charge is 2.30. The van der Waals surface area contributed by atoms with Crippen LogP contribution in [0.25, 0.3) is 0 Å². The molecular formula is C22H26N2O5S2. The Morgan fingerprint density at radius 1 is 1.13 bits per heavy atom. The Bertz CT molecular complexity index is 1060. The Kier molecular flexibility index (Phi) is 6.45. The van der Waals surface area contributed by atoms with Crippen LogP contribution in [0.1, 0.15) is 33.5 Å². The number of nitrogens with zero attached hydrogens (tertiary/aromatic N) is 2. The molecule has 2 aliphatic rings. The minimum absolute atomic E-state index is 0.215. The number of thiophene rings is 1. The normalized spacial score (nSPS) is 19.6. The van der Waals surface area contributed by atoms with Gasteiger partial charge in [0.1, 0.15) is 4.88 Å². The number of benzene rings is 1. The van der Waals surface area contributed by atoms with Crippen molar-refractivity contribution >= 4 is 33.2 Å². The van der Waals surface area contributed by atoms with Crippen molar-refractivity contribution in [1.29, 1.82) is 0 Å². The SMILES string of the molecule is C[C@@H]1CCc2sc(C(=O)OCC(=O)N3CCN(S(=O)(=O)c4ccccc4)CC3)cc2C1. The molecule has 31 heavy (non-hydrogen) atoms. The molecule has 4 rings (SSSR count). The fourth-order valence-electron chi connectivity index (χ4n) is 4.02. The number of carbonyl (C=O) groups is 2. The maximum atomic E-state index is 12.7. The molecule has 1 amide bonds. The third-order valence-corrected chi connectivity index (χ3v) is 8.96. The van der Waals surface area contributed by atoms with Crippen LogP contribution in [0.3, 0.4) is 0 Å². The van der Waals surface area contributed by atoms with Crippen LogP contribution < -0.4 is 0 Å². The summed E-state index contributed by atoms with van der Waals surface area (Å²) in [5.74, 6) is -0.150. The van der Waals surface area contributed by atoms with Crippen molar-refractivity contribution in [3.8, 4) is 0 Å². The average molecular weight is 463 g/mol. The highest BCUT2D eigenvalue weighted by molar-refractivity contribution is 7.89. The van der Waals surface area contributed by atoms with Gasteiger partial charge >= 0.3 is 5.97 Å². The van der Waals surface area contributed by atoms with Gasteiger partial charge in [-0.05, 0) is 48.9 Å². The summed E-state index contributed by atoms with van der Waals surface area (Å²) in [5, 5.41) is 0. The second kappa shape index (κ2) is 9.10. The fraction of sp³-hybridized carbons (Fsp3) is 0.455. The van der Waals surface area contributed by atoms with Gasteiger partial charge in [-0.25, -0.2) is 13.2 Å². The van der Waals surface area contributed by atoms with Gasteiger partial charge < -0.3 is 9.64 Å². The number of esters is 1. The third kappa shape index (κ3) is 4.83. The van der Waals surface area contributed by atoms with E-state index in [4.69, 9.17) is 4.74 Å². The number of rotatable bonds is 5. The van der Waals surface area contributed by atoms with Crippen molar-refractivity contribution in [2.45, 2.75) is 31.1 Å². The highest BCUT2D eigenvalue weighted by Crippen LogP contribution is 2.32. The van der Waals surface area contributed by atoms with Crippen molar-refractivity contribution in [2.24, 2.45) is 5.92 Å². The molecule has 1 aromatic heterocycles. The molecule has 9 heteroatoms. The maximum absolute atomic E-state index is 12.7. The van der Waals surface area contributed by atoms with Gasteiger partial charge in [0.2, 0.25) is 10.0 Å². The predicted octanol–water partition coefficient (Wildman–Crippen LogP) is 2.56. The van der Waals surface area contributed by atoms with Gasteiger partial charge in [-0.2, -0.15) is 4.31 Å². The van der Waals surface area contributed by atoms with E-state index >= 15 is 0 Å². The molecule has 1 aliphatic carbocycles. The van der Waals surface area contributed by atoms with E-state index in [0.29, 0.717) is 10.8 Å². The Balaban J connectivity index is 1.28. The van der Waals surface area contributed by atoms with Crippen LogP contribution in [-0.2, 0) is 32.4 Å². The summed E-state index contributed by atoms with van der Waals surface area (Å²) in [5.41, 5.74) is 1.22. The van der Waals surface area contributed by atoms with Gasteiger partial charge in [-0.3, -0.25) is 4.79 Å². The first-order valence-corrected chi connectivity index (χ1v) is 12.7. The summed E-state index contributed by atoms with van der Waals surface area (Å²) in [7, 11) is -3.57. The standard InChI is InChI=1S/C22H26N2O5S2/c1-16-7-8-19-17(13-16)14-20(30-19)22(26)29-15-21(25)23-9-11-24(12-10-23)31(27,28)18-5-3-2-4-6-18/h2-6,14,16H,7-13,15H2,1H3/t16-/m1/s1. The van der Waals surface area contributed by atoms with E-state index in [1.54, 1.807) is 35.2 Å². The highest BCUT2D eigenvalue weighted by atomic mass is 32.2.